The number of ketones is 1. The van der Waals surface area contributed by atoms with Gasteiger partial charge < -0.3 is 20.0 Å². The van der Waals surface area contributed by atoms with Crippen LogP contribution in [-0.2, 0) is 16.4 Å². The number of carbonyl (C=O) groups is 1. The van der Waals surface area contributed by atoms with Gasteiger partial charge in [-0.05, 0) is 75.8 Å². The molecule has 1 saturated heterocycles. The second kappa shape index (κ2) is 12.3. The van der Waals surface area contributed by atoms with Crippen LogP contribution in [-0.4, -0.2) is 103 Å². The van der Waals surface area contributed by atoms with E-state index in [2.05, 4.69) is 48.6 Å². The third-order valence-electron chi connectivity index (χ3n) is 8.06. The number of anilines is 3. The largest absolute Gasteiger partial charge is 0.369 e. The third kappa shape index (κ3) is 6.53. The molecule has 0 radical (unpaired) electrons. The summed E-state index contributed by atoms with van der Waals surface area (Å²) < 4.78 is 32.0. The van der Waals surface area contributed by atoms with Gasteiger partial charge in [-0.3, -0.25) is 14.2 Å². The molecule has 1 N–H and O–H groups in total. The van der Waals surface area contributed by atoms with Crippen molar-refractivity contribution in [3.8, 4) is 0 Å². The van der Waals surface area contributed by atoms with Crippen molar-refractivity contribution < 1.29 is 13.2 Å². The van der Waals surface area contributed by atoms with E-state index in [0.29, 0.717) is 23.1 Å². The van der Waals surface area contributed by atoms with Crippen LogP contribution in [0.2, 0.25) is 0 Å². The summed E-state index contributed by atoms with van der Waals surface area (Å²) >= 11 is 0.891. The number of Topliss-reactive ketones (excluding diaryl/α,β-unsaturated/α-hetero) is 1. The summed E-state index contributed by atoms with van der Waals surface area (Å²) in [5.74, 6) is -0.152. The summed E-state index contributed by atoms with van der Waals surface area (Å²) in [5, 5.41) is 3.74. The SMILES string of the molecule is CN(C)CCS(=O)(=O)c1sncc1Cn1c(=O)c(C(=O)C2CC2)cc2cnc(Nc3ccc(N4CCN(C)CC4)cc3)nc21. The van der Waals surface area contributed by atoms with E-state index in [1.54, 1.807) is 17.2 Å². The Balaban J connectivity index is 1.33. The maximum absolute atomic E-state index is 13.8. The lowest BCUT2D eigenvalue weighted by Crippen LogP contribution is -2.44. The average Bonchev–Trinajstić information content (AvgIpc) is 3.75. The lowest BCUT2D eigenvalue weighted by atomic mass is 10.1. The molecule has 1 aliphatic heterocycles. The van der Waals surface area contributed by atoms with Crippen LogP contribution in [0.4, 0.5) is 17.3 Å². The first-order valence-electron chi connectivity index (χ1n) is 14.7. The summed E-state index contributed by atoms with van der Waals surface area (Å²) in [5.41, 5.74) is 2.19. The highest BCUT2D eigenvalue weighted by Crippen LogP contribution is 2.33. The summed E-state index contributed by atoms with van der Waals surface area (Å²) in [6.07, 6.45) is 4.57. The van der Waals surface area contributed by atoms with Crippen molar-refractivity contribution in [2.24, 2.45) is 5.92 Å². The standard InChI is InChI=1S/C30H36N8O4S2/c1-35(2)14-15-44(41,42)29-22(18-32-43-29)19-38-27-21(16-25(28(38)40)26(39)20-4-5-20)17-31-30(34-27)33-23-6-8-24(9-7-23)37-12-10-36(3)11-13-37/h6-9,16-18,20H,4-5,10-15,19H2,1-3H3,(H,31,33,34). The normalized spacial score (nSPS) is 16.1. The number of carbonyl (C=O) groups excluding carboxylic acids is 1. The minimum absolute atomic E-state index is 0.0732. The molecule has 0 bridgehead atoms. The van der Waals surface area contributed by atoms with E-state index in [-0.39, 0.29) is 39.7 Å². The van der Waals surface area contributed by atoms with Crippen molar-refractivity contribution >= 4 is 55.5 Å². The Hall–Kier alpha value is -3.72. The molecule has 0 unspecified atom stereocenters. The van der Waals surface area contributed by atoms with Gasteiger partial charge in [0.1, 0.15) is 9.86 Å². The van der Waals surface area contributed by atoms with Crippen LogP contribution in [0.15, 0.2) is 51.7 Å². The Morgan fingerprint density at radius 3 is 2.50 bits per heavy atom. The zero-order valence-electron chi connectivity index (χ0n) is 25.1. The highest BCUT2D eigenvalue weighted by Gasteiger charge is 2.33. The zero-order valence-corrected chi connectivity index (χ0v) is 26.7. The van der Waals surface area contributed by atoms with Crippen LogP contribution in [0.5, 0.6) is 0 Å². The molecule has 3 aromatic heterocycles. The Bertz CT molecular complexity index is 1840. The fourth-order valence-electron chi connectivity index (χ4n) is 5.23. The highest BCUT2D eigenvalue weighted by atomic mass is 32.2. The van der Waals surface area contributed by atoms with E-state index in [1.165, 1.54) is 10.8 Å². The molecule has 1 aliphatic carbocycles. The number of rotatable bonds is 11. The van der Waals surface area contributed by atoms with Gasteiger partial charge in [0.05, 0.1) is 17.9 Å². The van der Waals surface area contributed by atoms with E-state index in [1.807, 2.05) is 26.2 Å². The Labute approximate surface area is 260 Å². The van der Waals surface area contributed by atoms with E-state index in [4.69, 9.17) is 0 Å². The van der Waals surface area contributed by atoms with Crippen molar-refractivity contribution in [2.45, 2.75) is 23.6 Å². The number of pyridine rings is 1. The Morgan fingerprint density at radius 1 is 1.09 bits per heavy atom. The molecule has 1 aromatic carbocycles. The number of nitrogens with zero attached hydrogens (tertiary/aromatic N) is 7. The summed E-state index contributed by atoms with van der Waals surface area (Å²) in [6, 6.07) is 9.61. The van der Waals surface area contributed by atoms with E-state index in [0.717, 1.165) is 61.9 Å². The summed E-state index contributed by atoms with van der Waals surface area (Å²) in [4.78, 5) is 42.5. The molecular formula is C30H36N8O4S2. The number of fused-ring (bicyclic) bond motifs is 1. The topological polar surface area (TPSA) is 134 Å². The average molecular weight is 637 g/mol. The second-order valence-corrected chi connectivity index (χ2v) is 14.9. The maximum atomic E-state index is 13.8. The number of piperazine rings is 1. The lowest BCUT2D eigenvalue weighted by Gasteiger charge is -2.34. The molecule has 2 fully saturated rings. The van der Waals surface area contributed by atoms with Crippen LogP contribution >= 0.6 is 11.5 Å². The van der Waals surface area contributed by atoms with Gasteiger partial charge in [0.2, 0.25) is 5.95 Å². The third-order valence-corrected chi connectivity index (χ3v) is 11.2. The van der Waals surface area contributed by atoms with Gasteiger partial charge in [0, 0.05) is 73.4 Å². The molecule has 6 rings (SSSR count). The first-order chi connectivity index (χ1) is 21.1. The molecule has 0 spiro atoms. The van der Waals surface area contributed by atoms with Crippen LogP contribution in [0.3, 0.4) is 0 Å². The second-order valence-electron chi connectivity index (χ2n) is 11.8. The fourth-order valence-corrected chi connectivity index (χ4v) is 7.89. The number of aromatic nitrogens is 4. The van der Waals surface area contributed by atoms with Gasteiger partial charge in [-0.2, -0.15) is 9.36 Å². The first kappa shape index (κ1) is 30.3. The van der Waals surface area contributed by atoms with Crippen molar-refractivity contribution in [2.75, 3.05) is 69.8 Å². The predicted octanol–water partition coefficient (Wildman–Crippen LogP) is 2.72. The van der Waals surface area contributed by atoms with Crippen LogP contribution in [0.25, 0.3) is 11.0 Å². The van der Waals surface area contributed by atoms with E-state index >= 15 is 0 Å². The first-order valence-corrected chi connectivity index (χ1v) is 17.1. The number of nitrogens with one attached hydrogen (secondary N) is 1. The lowest BCUT2D eigenvalue weighted by molar-refractivity contribution is 0.0966. The number of hydrogen-bond acceptors (Lipinski definition) is 12. The van der Waals surface area contributed by atoms with Gasteiger partial charge >= 0.3 is 0 Å². The van der Waals surface area contributed by atoms with E-state index < -0.39 is 15.4 Å². The monoisotopic (exact) mass is 636 g/mol. The van der Waals surface area contributed by atoms with Gasteiger partial charge in [0.25, 0.3) is 5.56 Å². The summed E-state index contributed by atoms with van der Waals surface area (Å²) in [6.45, 7) is 4.24. The van der Waals surface area contributed by atoms with Crippen LogP contribution < -0.4 is 15.8 Å². The molecule has 4 heterocycles. The molecule has 0 amide bonds. The van der Waals surface area contributed by atoms with Gasteiger partial charge in [-0.1, -0.05) is 0 Å². The maximum Gasteiger partial charge on any atom is 0.263 e. The predicted molar refractivity (Wildman–Crippen MR) is 172 cm³/mol. The van der Waals surface area contributed by atoms with Crippen LogP contribution in [0.1, 0.15) is 28.8 Å². The van der Waals surface area contributed by atoms with E-state index in [9.17, 15) is 18.0 Å². The van der Waals surface area contributed by atoms with Crippen molar-refractivity contribution in [1.82, 2.24) is 28.7 Å². The number of hydrogen-bond donors (Lipinski definition) is 1. The summed E-state index contributed by atoms with van der Waals surface area (Å²) in [7, 11) is 2.11. The van der Waals surface area contributed by atoms with Crippen LogP contribution in [0, 0.1) is 5.92 Å². The molecular weight excluding hydrogens is 601 g/mol. The molecule has 232 valence electrons. The van der Waals surface area contributed by atoms with Crippen molar-refractivity contribution in [3.05, 3.63) is 64.2 Å². The highest BCUT2D eigenvalue weighted by molar-refractivity contribution is 7.93. The van der Waals surface area contributed by atoms with Gasteiger partial charge in [-0.15, -0.1) is 0 Å². The van der Waals surface area contributed by atoms with Gasteiger partial charge in [0.15, 0.2) is 15.6 Å². The zero-order chi connectivity index (χ0) is 31.0. The fraction of sp³-hybridized carbons (Fsp3) is 0.433. The van der Waals surface area contributed by atoms with Gasteiger partial charge in [-0.25, -0.2) is 13.4 Å². The molecule has 14 heteroatoms. The molecule has 12 nitrogen and oxygen atoms in total. The Morgan fingerprint density at radius 2 is 1.82 bits per heavy atom. The minimum atomic E-state index is -3.64. The minimum Gasteiger partial charge on any atom is -0.369 e. The molecule has 0 atom stereocenters. The molecule has 1 saturated carbocycles. The molecule has 2 aliphatic rings. The molecule has 44 heavy (non-hydrogen) atoms. The Kier molecular flexibility index (Phi) is 8.51. The number of sulfone groups is 1. The van der Waals surface area contributed by atoms with Crippen molar-refractivity contribution in [1.29, 1.82) is 0 Å². The molecule has 4 aromatic rings. The van der Waals surface area contributed by atoms with Crippen molar-refractivity contribution in [3.63, 3.8) is 0 Å². The number of likely N-dealkylation sites (N-methyl/N-ethyl adjacent to an activating group) is 1. The quantitative estimate of drug-likeness (QED) is 0.244. The number of benzene rings is 1. The smallest absolute Gasteiger partial charge is 0.263 e.